The number of carboxylic acids is 1. The van der Waals surface area contributed by atoms with Gasteiger partial charge in [0.25, 0.3) is 0 Å². The van der Waals surface area contributed by atoms with Gasteiger partial charge in [0.2, 0.25) is 5.91 Å². The average Bonchev–Trinajstić information content (AvgIpc) is 2.34. The molecule has 0 saturated heterocycles. The highest BCUT2D eigenvalue weighted by atomic mass is 16.4. The van der Waals surface area contributed by atoms with Gasteiger partial charge in [-0.05, 0) is 38.0 Å². The van der Waals surface area contributed by atoms with Crippen LogP contribution in [-0.4, -0.2) is 23.5 Å². The van der Waals surface area contributed by atoms with Crippen molar-refractivity contribution in [2.24, 2.45) is 11.8 Å². The smallest absolute Gasteiger partial charge is 0.306 e. The van der Waals surface area contributed by atoms with Gasteiger partial charge in [-0.1, -0.05) is 13.3 Å². The Morgan fingerprint density at radius 3 is 2.41 bits per heavy atom. The second-order valence-electron chi connectivity index (χ2n) is 4.96. The van der Waals surface area contributed by atoms with Crippen molar-refractivity contribution in [3.8, 4) is 0 Å². The molecule has 2 N–H and O–H groups in total. The molecule has 1 aliphatic rings. The zero-order chi connectivity index (χ0) is 12.7. The normalized spacial score (nSPS) is 24.3. The van der Waals surface area contributed by atoms with E-state index in [0.29, 0.717) is 12.3 Å². The minimum atomic E-state index is -0.671. The monoisotopic (exact) mass is 241 g/mol. The van der Waals surface area contributed by atoms with Crippen LogP contribution in [0, 0.1) is 11.8 Å². The summed E-state index contributed by atoms with van der Waals surface area (Å²) in [5, 5.41) is 11.8. The first-order chi connectivity index (χ1) is 8.13. The third-order valence-corrected chi connectivity index (χ3v) is 3.54. The highest BCUT2D eigenvalue weighted by Crippen LogP contribution is 2.28. The van der Waals surface area contributed by atoms with Gasteiger partial charge in [0.15, 0.2) is 0 Å². The maximum atomic E-state index is 11.4. The lowest BCUT2D eigenvalue weighted by molar-refractivity contribution is -0.143. The van der Waals surface area contributed by atoms with Crippen molar-refractivity contribution in [1.82, 2.24) is 5.32 Å². The van der Waals surface area contributed by atoms with Crippen molar-refractivity contribution in [3.63, 3.8) is 0 Å². The molecule has 1 saturated carbocycles. The minimum absolute atomic E-state index is 0.132. The Labute approximate surface area is 103 Å². The van der Waals surface area contributed by atoms with E-state index in [0.717, 1.165) is 45.1 Å². The molecule has 0 aliphatic heterocycles. The van der Waals surface area contributed by atoms with E-state index in [1.165, 1.54) is 0 Å². The Bertz CT molecular complexity index is 257. The van der Waals surface area contributed by atoms with Crippen LogP contribution in [0.3, 0.4) is 0 Å². The zero-order valence-electron chi connectivity index (χ0n) is 10.6. The number of carboxylic acid groups (broad SMARTS) is 1. The number of carbonyl (C=O) groups is 2. The molecule has 1 amide bonds. The molecule has 0 aromatic carbocycles. The maximum absolute atomic E-state index is 11.4. The molecular formula is C13H23NO3. The summed E-state index contributed by atoms with van der Waals surface area (Å²) in [7, 11) is 0. The summed E-state index contributed by atoms with van der Waals surface area (Å²) >= 11 is 0. The van der Waals surface area contributed by atoms with Crippen LogP contribution in [0.1, 0.15) is 51.9 Å². The van der Waals surface area contributed by atoms with Crippen LogP contribution in [0.25, 0.3) is 0 Å². The average molecular weight is 241 g/mol. The number of aliphatic carboxylic acids is 1. The predicted octanol–water partition coefficient (Wildman–Crippen LogP) is 2.18. The van der Waals surface area contributed by atoms with Gasteiger partial charge in [0, 0.05) is 13.0 Å². The van der Waals surface area contributed by atoms with Crippen LogP contribution < -0.4 is 5.32 Å². The summed E-state index contributed by atoms with van der Waals surface area (Å²) in [6, 6.07) is 0. The highest BCUT2D eigenvalue weighted by Gasteiger charge is 2.25. The van der Waals surface area contributed by atoms with Gasteiger partial charge in [-0.15, -0.1) is 0 Å². The van der Waals surface area contributed by atoms with Crippen molar-refractivity contribution in [2.75, 3.05) is 6.54 Å². The van der Waals surface area contributed by atoms with Crippen molar-refractivity contribution >= 4 is 11.9 Å². The van der Waals surface area contributed by atoms with Crippen LogP contribution in [0.15, 0.2) is 0 Å². The van der Waals surface area contributed by atoms with E-state index in [1.807, 2.05) is 0 Å². The molecule has 17 heavy (non-hydrogen) atoms. The number of hydrogen-bond acceptors (Lipinski definition) is 2. The minimum Gasteiger partial charge on any atom is -0.481 e. The molecule has 98 valence electrons. The summed E-state index contributed by atoms with van der Waals surface area (Å²) in [6.07, 6.45) is 5.95. The first kappa shape index (κ1) is 14.0. The number of unbranched alkanes of at least 4 members (excludes halogenated alkanes) is 1. The summed E-state index contributed by atoms with van der Waals surface area (Å²) < 4.78 is 0. The van der Waals surface area contributed by atoms with Crippen molar-refractivity contribution in [3.05, 3.63) is 0 Å². The van der Waals surface area contributed by atoms with Crippen LogP contribution >= 0.6 is 0 Å². The second-order valence-corrected chi connectivity index (χ2v) is 4.96. The lowest BCUT2D eigenvalue weighted by Gasteiger charge is -2.26. The summed E-state index contributed by atoms with van der Waals surface area (Å²) in [5.41, 5.74) is 0. The first-order valence-corrected chi connectivity index (χ1v) is 6.63. The van der Waals surface area contributed by atoms with Gasteiger partial charge < -0.3 is 10.4 Å². The molecule has 1 aliphatic carbocycles. The van der Waals surface area contributed by atoms with E-state index in [1.54, 1.807) is 0 Å². The van der Waals surface area contributed by atoms with Gasteiger partial charge in [-0.25, -0.2) is 0 Å². The summed E-state index contributed by atoms with van der Waals surface area (Å²) in [4.78, 5) is 22.2. The van der Waals surface area contributed by atoms with Gasteiger partial charge in [-0.2, -0.15) is 0 Å². The van der Waals surface area contributed by atoms with E-state index < -0.39 is 5.97 Å². The predicted molar refractivity (Wildman–Crippen MR) is 65.6 cm³/mol. The molecule has 4 heteroatoms. The number of hydrogen-bond donors (Lipinski definition) is 2. The van der Waals surface area contributed by atoms with Gasteiger partial charge in [-0.3, -0.25) is 9.59 Å². The summed E-state index contributed by atoms with van der Waals surface area (Å²) in [6.45, 7) is 2.79. The molecule has 4 nitrogen and oxygen atoms in total. The van der Waals surface area contributed by atoms with Gasteiger partial charge in [0.05, 0.1) is 5.92 Å². The number of rotatable bonds is 6. The molecule has 0 spiro atoms. The third kappa shape index (κ3) is 5.20. The van der Waals surface area contributed by atoms with E-state index in [-0.39, 0.29) is 11.8 Å². The Hall–Kier alpha value is -1.06. The molecular weight excluding hydrogens is 218 g/mol. The van der Waals surface area contributed by atoms with Crippen LogP contribution in [0.4, 0.5) is 0 Å². The number of carbonyl (C=O) groups excluding carboxylic acids is 1. The Morgan fingerprint density at radius 1 is 1.24 bits per heavy atom. The zero-order valence-corrected chi connectivity index (χ0v) is 10.6. The van der Waals surface area contributed by atoms with E-state index >= 15 is 0 Å². The van der Waals surface area contributed by atoms with Crippen LogP contribution in [0.2, 0.25) is 0 Å². The molecule has 0 bridgehead atoms. The molecule has 0 atom stereocenters. The fourth-order valence-electron chi connectivity index (χ4n) is 2.30. The second kappa shape index (κ2) is 7.30. The number of nitrogens with one attached hydrogen (secondary N) is 1. The lowest BCUT2D eigenvalue weighted by atomic mass is 9.82. The third-order valence-electron chi connectivity index (χ3n) is 3.54. The lowest BCUT2D eigenvalue weighted by Crippen LogP contribution is -2.32. The molecule has 0 radical (unpaired) electrons. The van der Waals surface area contributed by atoms with Crippen molar-refractivity contribution in [2.45, 2.75) is 51.9 Å². The van der Waals surface area contributed by atoms with E-state index in [9.17, 15) is 9.59 Å². The summed E-state index contributed by atoms with van der Waals surface area (Å²) in [5.74, 6) is -0.235. The molecule has 1 fully saturated rings. The maximum Gasteiger partial charge on any atom is 0.306 e. The quantitative estimate of drug-likeness (QED) is 0.749. The Morgan fingerprint density at radius 2 is 1.88 bits per heavy atom. The standard InChI is InChI=1S/C13H23NO3/c1-2-3-4-12(15)14-9-10-5-7-11(8-6-10)13(16)17/h10-11H,2-9H2,1H3,(H,14,15)(H,16,17). The van der Waals surface area contributed by atoms with Crippen molar-refractivity contribution < 1.29 is 14.7 Å². The van der Waals surface area contributed by atoms with Crippen LogP contribution in [0.5, 0.6) is 0 Å². The Balaban J connectivity index is 2.14. The van der Waals surface area contributed by atoms with Gasteiger partial charge in [0.1, 0.15) is 0 Å². The molecule has 1 rings (SSSR count). The molecule has 0 aromatic heterocycles. The Kier molecular flexibility index (Phi) is 6.01. The van der Waals surface area contributed by atoms with Crippen LogP contribution in [-0.2, 0) is 9.59 Å². The first-order valence-electron chi connectivity index (χ1n) is 6.63. The fraction of sp³-hybridized carbons (Fsp3) is 0.846. The topological polar surface area (TPSA) is 66.4 Å². The molecule has 0 heterocycles. The molecule has 0 aromatic rings. The molecule has 0 unspecified atom stereocenters. The number of amides is 1. The van der Waals surface area contributed by atoms with Gasteiger partial charge >= 0.3 is 5.97 Å². The highest BCUT2D eigenvalue weighted by molar-refractivity contribution is 5.75. The fourth-order valence-corrected chi connectivity index (χ4v) is 2.30. The van der Waals surface area contributed by atoms with Crippen molar-refractivity contribution in [1.29, 1.82) is 0 Å². The van der Waals surface area contributed by atoms with E-state index in [2.05, 4.69) is 12.2 Å². The largest absolute Gasteiger partial charge is 0.481 e. The SMILES string of the molecule is CCCCC(=O)NCC1CCC(C(=O)O)CC1. The van der Waals surface area contributed by atoms with E-state index in [4.69, 9.17) is 5.11 Å².